The molecule has 0 spiro atoms. The van der Waals surface area contributed by atoms with Crippen LogP contribution in [0.25, 0.3) is 0 Å². The Balaban J connectivity index is 2.17. The summed E-state index contributed by atoms with van der Waals surface area (Å²) in [4.78, 5) is 129. The number of hydrogen-bond donors (Lipinski definition) is 4. The molecule has 0 fully saturated rings. The van der Waals surface area contributed by atoms with Crippen molar-refractivity contribution >= 4 is 65.8 Å². The molecule has 2 aromatic carbocycles. The van der Waals surface area contributed by atoms with Gasteiger partial charge in [-0.15, -0.1) is 0 Å². The monoisotopic (exact) mass is 1080 g/mol. The Labute approximate surface area is 459 Å². The van der Waals surface area contributed by atoms with Crippen LogP contribution in [0.15, 0.2) is 60.7 Å². The largest absolute Gasteiger partial charge is 0.368 e. The van der Waals surface area contributed by atoms with Crippen molar-refractivity contribution in [3.63, 3.8) is 0 Å². The first-order valence-corrected chi connectivity index (χ1v) is 28.5. The topological polar surface area (TPSA) is 223 Å². The summed E-state index contributed by atoms with van der Waals surface area (Å²) in [6.45, 7) is 8.49. The van der Waals surface area contributed by atoms with Crippen LogP contribution in [0.5, 0.6) is 0 Å². The molecular weight excluding hydrogens is 987 g/mol. The van der Waals surface area contributed by atoms with Crippen molar-refractivity contribution < 1.29 is 43.2 Å². The smallest absolute Gasteiger partial charge is 0.242 e. The second-order valence-corrected chi connectivity index (χ2v) is 19.9. The molecule has 19 heteroatoms. The van der Waals surface area contributed by atoms with Crippen LogP contribution >= 0.6 is 12.6 Å². The molecule has 0 saturated carbocycles. The van der Waals surface area contributed by atoms with Gasteiger partial charge in [-0.3, -0.25) is 43.2 Å². The summed E-state index contributed by atoms with van der Waals surface area (Å²) in [7, 11) is 0. The van der Waals surface area contributed by atoms with Gasteiger partial charge in [0.1, 0.15) is 6.54 Å². The highest BCUT2D eigenvalue weighted by Gasteiger charge is 2.30. The number of amides is 9. The zero-order chi connectivity index (χ0) is 55.9. The molecule has 0 aliphatic rings. The third-order valence-electron chi connectivity index (χ3n) is 12.8. The van der Waals surface area contributed by atoms with Crippen LogP contribution < -0.4 is 16.4 Å². The van der Waals surface area contributed by atoms with Gasteiger partial charge in [-0.2, -0.15) is 12.6 Å². The number of primary amides is 1. The van der Waals surface area contributed by atoms with Gasteiger partial charge < -0.3 is 45.8 Å². The highest BCUT2D eigenvalue weighted by atomic mass is 32.1. The van der Waals surface area contributed by atoms with E-state index in [9.17, 15) is 43.2 Å². The fourth-order valence-electron chi connectivity index (χ4n) is 8.20. The van der Waals surface area contributed by atoms with E-state index in [-0.39, 0.29) is 102 Å². The lowest BCUT2D eigenvalue weighted by Gasteiger charge is -2.32. The molecular formula is C57H91N9O9S. The predicted molar refractivity (Wildman–Crippen MR) is 300 cm³/mol. The molecule has 0 unspecified atom stereocenters. The minimum Gasteiger partial charge on any atom is -0.368 e. The molecule has 18 nitrogen and oxygen atoms in total. The maximum absolute atomic E-state index is 14.5. The van der Waals surface area contributed by atoms with Crippen LogP contribution in [0.2, 0.25) is 0 Å². The number of rotatable bonds is 42. The fourth-order valence-corrected chi connectivity index (χ4v) is 8.40. The Kier molecular flexibility index (Phi) is 35.1. The van der Waals surface area contributed by atoms with Gasteiger partial charge in [-0.1, -0.05) is 127 Å². The van der Waals surface area contributed by atoms with Crippen molar-refractivity contribution in [2.24, 2.45) is 5.73 Å². The van der Waals surface area contributed by atoms with Crippen LogP contribution in [-0.4, -0.2) is 167 Å². The van der Waals surface area contributed by atoms with E-state index in [0.29, 0.717) is 76.8 Å². The molecule has 0 aromatic heterocycles. The molecule has 0 atom stereocenters. The number of unbranched alkanes of at least 4 members (excludes halogenated alkanes) is 8. The van der Waals surface area contributed by atoms with Gasteiger partial charge in [-0.25, -0.2) is 0 Å². The van der Waals surface area contributed by atoms with Gasteiger partial charge in [0.2, 0.25) is 53.2 Å². The first-order valence-electron chi connectivity index (χ1n) is 27.8. The average molecular weight is 1080 g/mol. The van der Waals surface area contributed by atoms with Crippen LogP contribution in [0.1, 0.15) is 148 Å². The molecule has 424 valence electrons. The van der Waals surface area contributed by atoms with Crippen molar-refractivity contribution in [3.8, 4) is 0 Å². The van der Waals surface area contributed by atoms with E-state index in [1.165, 1.54) is 24.5 Å². The number of nitrogens with zero attached hydrogens (tertiary/aromatic N) is 6. The Morgan fingerprint density at radius 3 is 1.09 bits per heavy atom. The maximum Gasteiger partial charge on any atom is 0.242 e. The average Bonchev–Trinajstić information content (AvgIpc) is 3.40. The van der Waals surface area contributed by atoms with E-state index in [4.69, 9.17) is 5.73 Å². The molecule has 0 aliphatic carbocycles. The summed E-state index contributed by atoms with van der Waals surface area (Å²) in [5.74, 6) is -2.57. The molecule has 0 aliphatic heterocycles. The van der Waals surface area contributed by atoms with Gasteiger partial charge in [0, 0.05) is 71.6 Å². The number of carbonyl (C=O) groups excluding carboxylic acids is 9. The van der Waals surface area contributed by atoms with Crippen molar-refractivity contribution in [3.05, 3.63) is 71.8 Å². The normalized spacial score (nSPS) is 10.8. The van der Waals surface area contributed by atoms with Crippen LogP contribution in [0.3, 0.4) is 0 Å². The Bertz CT molecular complexity index is 2050. The molecule has 0 saturated heterocycles. The molecule has 0 bridgehead atoms. The number of nitrogens with two attached hydrogens (primary N) is 1. The zero-order valence-electron chi connectivity index (χ0n) is 46.3. The number of thiol groups is 1. The molecule has 9 amide bonds. The fraction of sp³-hybridized carbons (Fsp3) is 0.632. The van der Waals surface area contributed by atoms with Gasteiger partial charge in [-0.05, 0) is 68.2 Å². The molecule has 0 heterocycles. The standard InChI is InChI=1S/C57H91N9O9S/c1-5-9-34-61(52(70)30-22-16-24-32-59-50(68)29-21-15-23-33-60-51(69)31-38-76)42-53(71)62(35-10-6-2)43-54(72)63(36-11-7-3)45-57(75)66(40-48-27-19-14-20-28-48)46-55(73)64(37-12-8-4)44-56(74)65(41-49(58)67)39-47-25-17-13-18-26-47/h13-14,17-20,25-28,76H,5-12,15-16,21-24,29-46H2,1-4H3,(H2,58,67)(H,59,68)(H,60,69). The summed E-state index contributed by atoms with van der Waals surface area (Å²) >= 11 is 4.06. The quantitative estimate of drug-likeness (QED) is 0.0471. The minimum atomic E-state index is -0.692. The number of carbonyl (C=O) groups is 9. The minimum absolute atomic E-state index is 0.0161. The van der Waals surface area contributed by atoms with E-state index >= 15 is 0 Å². The number of benzene rings is 2. The molecule has 2 rings (SSSR count). The highest BCUT2D eigenvalue weighted by molar-refractivity contribution is 7.80. The SMILES string of the molecule is CCCCN(CC(=O)N(CCCC)CC(=O)N(CCCC)CC(=O)N(CC(=O)N(CCCC)CC(=O)N(CC(N)=O)Cc1ccccc1)Cc1ccccc1)C(=O)CCCCCNC(=O)CCCCCNC(=O)CCS. The van der Waals surface area contributed by atoms with E-state index in [1.54, 1.807) is 4.90 Å². The Morgan fingerprint density at radius 1 is 0.395 bits per heavy atom. The van der Waals surface area contributed by atoms with E-state index in [0.717, 1.165) is 62.5 Å². The van der Waals surface area contributed by atoms with Crippen molar-refractivity contribution in [2.75, 3.05) is 84.3 Å². The summed E-state index contributed by atoms with van der Waals surface area (Å²) < 4.78 is 0. The number of nitrogens with one attached hydrogen (secondary N) is 2. The first kappa shape index (κ1) is 66.1. The zero-order valence-corrected chi connectivity index (χ0v) is 47.2. The lowest BCUT2D eigenvalue weighted by molar-refractivity contribution is -0.148. The molecule has 0 radical (unpaired) electrons. The predicted octanol–water partition coefficient (Wildman–Crippen LogP) is 5.72. The number of hydrogen-bond acceptors (Lipinski definition) is 10. The summed E-state index contributed by atoms with van der Waals surface area (Å²) in [5.41, 5.74) is 7.09. The molecule has 76 heavy (non-hydrogen) atoms. The maximum atomic E-state index is 14.5. The summed E-state index contributed by atoms with van der Waals surface area (Å²) in [6, 6.07) is 18.3. The Morgan fingerprint density at radius 2 is 0.724 bits per heavy atom. The van der Waals surface area contributed by atoms with Crippen LogP contribution in [0, 0.1) is 0 Å². The van der Waals surface area contributed by atoms with E-state index in [1.807, 2.05) is 88.4 Å². The summed E-state index contributed by atoms with van der Waals surface area (Å²) in [6.07, 6.45) is 11.0. The lowest BCUT2D eigenvalue weighted by atomic mass is 10.1. The highest BCUT2D eigenvalue weighted by Crippen LogP contribution is 2.13. The second kappa shape index (κ2) is 40.3. The molecule has 2 aromatic rings. The molecule has 4 N–H and O–H groups in total. The third kappa shape index (κ3) is 28.8. The van der Waals surface area contributed by atoms with E-state index < -0.39 is 29.5 Å². The Hall–Kier alpha value is -5.98. The second-order valence-electron chi connectivity index (χ2n) is 19.4. The third-order valence-corrected chi connectivity index (χ3v) is 13.0. The van der Waals surface area contributed by atoms with Crippen molar-refractivity contribution in [1.29, 1.82) is 0 Å². The van der Waals surface area contributed by atoms with Gasteiger partial charge in [0.25, 0.3) is 0 Å². The van der Waals surface area contributed by atoms with Gasteiger partial charge in [0.05, 0.1) is 32.7 Å². The van der Waals surface area contributed by atoms with Crippen LogP contribution in [-0.2, 0) is 56.2 Å². The first-order chi connectivity index (χ1) is 36.6. The van der Waals surface area contributed by atoms with Crippen molar-refractivity contribution in [2.45, 2.75) is 150 Å². The van der Waals surface area contributed by atoms with Gasteiger partial charge in [0.15, 0.2) is 0 Å². The van der Waals surface area contributed by atoms with Gasteiger partial charge >= 0.3 is 0 Å². The van der Waals surface area contributed by atoms with Crippen molar-refractivity contribution in [1.82, 2.24) is 40.0 Å². The lowest BCUT2D eigenvalue weighted by Crippen LogP contribution is -2.51. The summed E-state index contributed by atoms with van der Waals surface area (Å²) in [5, 5.41) is 5.79. The van der Waals surface area contributed by atoms with Crippen LogP contribution in [0.4, 0.5) is 0 Å². The van der Waals surface area contributed by atoms with E-state index in [2.05, 4.69) is 23.3 Å².